The number of hydrogen-bond acceptors (Lipinski definition) is 3. The minimum absolute atomic E-state index is 0.164. The van der Waals surface area contributed by atoms with Crippen LogP contribution in [0.2, 0.25) is 0 Å². The Balaban J connectivity index is 1.94. The maximum atomic E-state index is 12.7. The first-order chi connectivity index (χ1) is 12.5. The van der Waals surface area contributed by atoms with E-state index >= 15 is 0 Å². The van der Waals surface area contributed by atoms with Gasteiger partial charge in [0.2, 0.25) is 0 Å². The van der Waals surface area contributed by atoms with Crippen LogP contribution in [0.15, 0.2) is 83.8 Å². The first-order valence-electron chi connectivity index (χ1n) is 8.32. The Bertz CT molecular complexity index is 1010. The maximum Gasteiger partial charge on any atom is 0.261 e. The van der Waals surface area contributed by atoms with Crippen LogP contribution in [-0.4, -0.2) is 14.2 Å². The molecule has 0 bridgehead atoms. The lowest BCUT2D eigenvalue weighted by Crippen LogP contribution is -2.16. The number of anilines is 1. The van der Waals surface area contributed by atoms with E-state index in [1.165, 1.54) is 0 Å². The fraction of sp³-hybridized carbons (Fsp3) is 0.0952. The first kappa shape index (κ1) is 17.9. The lowest BCUT2D eigenvalue weighted by molar-refractivity contribution is 0.103. The van der Waals surface area contributed by atoms with Crippen molar-refractivity contribution in [3.63, 3.8) is 0 Å². The predicted molar refractivity (Wildman–Crippen MR) is 103 cm³/mol. The van der Waals surface area contributed by atoms with Crippen LogP contribution in [0.4, 0.5) is 5.69 Å². The summed E-state index contributed by atoms with van der Waals surface area (Å²) in [6.07, 6.45) is 0.835. The number of carbonyl (C=O) groups excluding carboxylic acids is 1. The quantitative estimate of drug-likeness (QED) is 0.663. The molecule has 5 heteroatoms. The van der Waals surface area contributed by atoms with Crippen molar-refractivity contribution in [2.75, 3.05) is 4.72 Å². The molecule has 1 N–H and O–H groups in total. The summed E-state index contributed by atoms with van der Waals surface area (Å²) in [4.78, 5) is 12.9. The average Bonchev–Trinajstić information content (AvgIpc) is 2.68. The molecule has 0 unspecified atom stereocenters. The lowest BCUT2D eigenvalue weighted by Gasteiger charge is -2.12. The molecular formula is C21H19NO3S. The molecule has 0 aromatic heterocycles. The molecule has 0 aliphatic carbocycles. The van der Waals surface area contributed by atoms with Gasteiger partial charge in [0, 0.05) is 11.1 Å². The zero-order valence-electron chi connectivity index (χ0n) is 14.3. The molecule has 0 aliphatic heterocycles. The topological polar surface area (TPSA) is 63.2 Å². The second-order valence-corrected chi connectivity index (χ2v) is 7.53. The molecule has 132 valence electrons. The minimum atomic E-state index is -3.78. The van der Waals surface area contributed by atoms with Gasteiger partial charge in [-0.3, -0.25) is 9.52 Å². The molecule has 0 spiro atoms. The normalized spacial score (nSPS) is 11.1. The van der Waals surface area contributed by atoms with Gasteiger partial charge in [-0.2, -0.15) is 0 Å². The number of rotatable bonds is 6. The van der Waals surface area contributed by atoms with Crippen molar-refractivity contribution < 1.29 is 13.2 Å². The highest BCUT2D eigenvalue weighted by molar-refractivity contribution is 7.92. The molecular weight excluding hydrogens is 346 g/mol. The number of nitrogens with one attached hydrogen (secondary N) is 1. The number of para-hydroxylation sites is 1. The number of aryl methyl sites for hydroxylation is 1. The molecule has 3 aromatic carbocycles. The second-order valence-electron chi connectivity index (χ2n) is 5.84. The van der Waals surface area contributed by atoms with E-state index in [1.807, 2.05) is 13.0 Å². The van der Waals surface area contributed by atoms with Crippen LogP contribution in [0.5, 0.6) is 0 Å². The molecule has 0 amide bonds. The number of hydrogen-bond donors (Lipinski definition) is 1. The molecule has 0 saturated carbocycles. The first-order valence-corrected chi connectivity index (χ1v) is 9.80. The molecule has 3 aromatic rings. The van der Waals surface area contributed by atoms with Gasteiger partial charge in [-0.1, -0.05) is 61.5 Å². The van der Waals surface area contributed by atoms with Gasteiger partial charge >= 0.3 is 0 Å². The summed E-state index contributed by atoms with van der Waals surface area (Å²) in [5.41, 5.74) is 2.14. The van der Waals surface area contributed by atoms with E-state index in [0.717, 1.165) is 12.0 Å². The average molecular weight is 365 g/mol. The molecule has 0 atom stereocenters. The lowest BCUT2D eigenvalue weighted by atomic mass is 10.0. The van der Waals surface area contributed by atoms with Crippen LogP contribution < -0.4 is 4.72 Å². The Kier molecular flexibility index (Phi) is 5.19. The third-order valence-corrected chi connectivity index (χ3v) is 5.48. The van der Waals surface area contributed by atoms with E-state index in [4.69, 9.17) is 0 Å². The Morgan fingerprint density at radius 1 is 0.846 bits per heavy atom. The van der Waals surface area contributed by atoms with Crippen molar-refractivity contribution in [1.82, 2.24) is 0 Å². The SMILES string of the molecule is CCc1ccc(S(=O)(=O)Nc2ccccc2C(=O)c2ccccc2)cc1. The van der Waals surface area contributed by atoms with Crippen LogP contribution in [-0.2, 0) is 16.4 Å². The Hall–Kier alpha value is -2.92. The van der Waals surface area contributed by atoms with Gasteiger partial charge in [0.15, 0.2) is 5.78 Å². The van der Waals surface area contributed by atoms with Crippen LogP contribution in [0.3, 0.4) is 0 Å². The highest BCUT2D eigenvalue weighted by Gasteiger charge is 2.19. The highest BCUT2D eigenvalue weighted by atomic mass is 32.2. The number of sulfonamides is 1. The summed E-state index contributed by atoms with van der Waals surface area (Å²) in [7, 11) is -3.78. The molecule has 0 fully saturated rings. The number of carbonyl (C=O) groups is 1. The van der Waals surface area contributed by atoms with Gasteiger partial charge in [-0.25, -0.2) is 8.42 Å². The molecule has 0 saturated heterocycles. The third-order valence-electron chi connectivity index (χ3n) is 4.09. The largest absolute Gasteiger partial charge is 0.289 e. The van der Waals surface area contributed by atoms with Crippen molar-refractivity contribution in [2.45, 2.75) is 18.2 Å². The molecule has 0 heterocycles. The minimum Gasteiger partial charge on any atom is -0.289 e. The molecule has 26 heavy (non-hydrogen) atoms. The van der Waals surface area contributed by atoms with Crippen LogP contribution in [0.1, 0.15) is 28.4 Å². The second kappa shape index (κ2) is 7.54. The fourth-order valence-electron chi connectivity index (χ4n) is 2.62. The molecule has 0 aliphatic rings. The van der Waals surface area contributed by atoms with Crippen molar-refractivity contribution >= 4 is 21.5 Å². The van der Waals surface area contributed by atoms with Gasteiger partial charge in [-0.15, -0.1) is 0 Å². The van der Waals surface area contributed by atoms with E-state index < -0.39 is 10.0 Å². The highest BCUT2D eigenvalue weighted by Crippen LogP contribution is 2.23. The van der Waals surface area contributed by atoms with Gasteiger partial charge in [-0.05, 0) is 36.2 Å². The van der Waals surface area contributed by atoms with Crippen LogP contribution in [0.25, 0.3) is 0 Å². The standard InChI is InChI=1S/C21H19NO3S/c1-2-16-12-14-18(15-13-16)26(24,25)22-20-11-7-6-10-19(20)21(23)17-8-4-3-5-9-17/h3-15,22H,2H2,1H3. The van der Waals surface area contributed by atoms with E-state index in [0.29, 0.717) is 11.1 Å². The van der Waals surface area contributed by atoms with E-state index in [9.17, 15) is 13.2 Å². The van der Waals surface area contributed by atoms with Gasteiger partial charge in [0.05, 0.1) is 10.6 Å². The van der Waals surface area contributed by atoms with E-state index in [-0.39, 0.29) is 16.4 Å². The van der Waals surface area contributed by atoms with Crippen LogP contribution >= 0.6 is 0 Å². The van der Waals surface area contributed by atoms with Crippen molar-refractivity contribution in [3.05, 3.63) is 95.6 Å². The Morgan fingerprint density at radius 2 is 1.46 bits per heavy atom. The van der Waals surface area contributed by atoms with E-state index in [2.05, 4.69) is 4.72 Å². The summed E-state index contributed by atoms with van der Waals surface area (Å²) in [5, 5.41) is 0. The zero-order chi connectivity index (χ0) is 18.6. The predicted octanol–water partition coefficient (Wildman–Crippen LogP) is 4.28. The summed E-state index contributed by atoms with van der Waals surface area (Å²) in [5.74, 6) is -0.231. The number of ketones is 1. The monoisotopic (exact) mass is 365 g/mol. The fourth-order valence-corrected chi connectivity index (χ4v) is 3.70. The summed E-state index contributed by atoms with van der Waals surface area (Å²) < 4.78 is 27.9. The van der Waals surface area contributed by atoms with Crippen molar-refractivity contribution in [1.29, 1.82) is 0 Å². The van der Waals surface area contributed by atoms with Gasteiger partial charge in [0.1, 0.15) is 0 Å². The summed E-state index contributed by atoms with van der Waals surface area (Å²) in [6.45, 7) is 2.01. The Labute approximate surface area is 153 Å². The maximum absolute atomic E-state index is 12.7. The van der Waals surface area contributed by atoms with Crippen molar-refractivity contribution in [2.24, 2.45) is 0 Å². The molecule has 4 nitrogen and oxygen atoms in total. The summed E-state index contributed by atoms with van der Waals surface area (Å²) >= 11 is 0. The van der Waals surface area contributed by atoms with Gasteiger partial charge in [0.25, 0.3) is 10.0 Å². The third kappa shape index (κ3) is 3.83. The smallest absolute Gasteiger partial charge is 0.261 e. The molecule has 3 rings (SSSR count). The van der Waals surface area contributed by atoms with Crippen LogP contribution in [0, 0.1) is 0 Å². The Morgan fingerprint density at radius 3 is 2.12 bits per heavy atom. The van der Waals surface area contributed by atoms with Crippen molar-refractivity contribution in [3.8, 4) is 0 Å². The summed E-state index contributed by atoms with van der Waals surface area (Å²) in [6, 6.07) is 22.1. The van der Waals surface area contributed by atoms with Gasteiger partial charge < -0.3 is 0 Å². The molecule has 0 radical (unpaired) electrons. The number of benzene rings is 3. The zero-order valence-corrected chi connectivity index (χ0v) is 15.2. The van der Waals surface area contributed by atoms with E-state index in [1.54, 1.807) is 72.8 Å².